The number of benzene rings is 1. The van der Waals surface area contributed by atoms with Crippen LogP contribution in [0.2, 0.25) is 0 Å². The Hall–Kier alpha value is -1.13. The van der Waals surface area contributed by atoms with Crippen molar-refractivity contribution in [2.75, 3.05) is 18.5 Å². The highest BCUT2D eigenvalue weighted by Crippen LogP contribution is 2.19. The molecule has 0 spiro atoms. The average Bonchev–Trinajstić information content (AvgIpc) is 2.39. The minimum atomic E-state index is 0.402. The summed E-state index contributed by atoms with van der Waals surface area (Å²) < 4.78 is 5.73. The van der Waals surface area contributed by atoms with Gasteiger partial charge in [-0.05, 0) is 50.3 Å². The number of aryl methyl sites for hydroxylation is 1. The van der Waals surface area contributed by atoms with Gasteiger partial charge in [0.2, 0.25) is 0 Å². The van der Waals surface area contributed by atoms with Crippen molar-refractivity contribution >= 4 is 22.9 Å². The first-order chi connectivity index (χ1) is 9.16. The Bertz CT molecular complexity index is 442. The molecule has 0 radical (unpaired) electrons. The van der Waals surface area contributed by atoms with E-state index in [-0.39, 0.29) is 0 Å². The second kappa shape index (κ2) is 6.87. The van der Waals surface area contributed by atoms with E-state index in [2.05, 4.69) is 18.3 Å². The Labute approximate surface area is 120 Å². The summed E-state index contributed by atoms with van der Waals surface area (Å²) in [5, 5.41) is 3.44. The lowest BCUT2D eigenvalue weighted by Crippen LogP contribution is -2.22. The quantitative estimate of drug-likeness (QED) is 0.813. The number of thiocarbonyl (C=S) groups is 1. The number of hydrogen-bond donors (Lipinski definition) is 2. The third kappa shape index (κ3) is 4.18. The van der Waals surface area contributed by atoms with Crippen molar-refractivity contribution in [3.05, 3.63) is 29.3 Å². The molecule has 104 valence electrons. The fourth-order valence-electron chi connectivity index (χ4n) is 2.42. The Balaban J connectivity index is 1.91. The Morgan fingerprint density at radius 3 is 3.00 bits per heavy atom. The summed E-state index contributed by atoms with van der Waals surface area (Å²) in [6.07, 6.45) is 5.10. The molecule has 3 nitrogen and oxygen atoms in total. The molecule has 2 rings (SSSR count). The average molecular weight is 278 g/mol. The number of anilines is 1. The van der Waals surface area contributed by atoms with Crippen LogP contribution in [0, 0.1) is 6.92 Å². The highest BCUT2D eigenvalue weighted by molar-refractivity contribution is 7.80. The largest absolute Gasteiger partial charge is 0.389 e. The van der Waals surface area contributed by atoms with Crippen LogP contribution in [-0.2, 0) is 4.74 Å². The lowest BCUT2D eigenvalue weighted by atomic mass is 10.1. The molecule has 1 fully saturated rings. The van der Waals surface area contributed by atoms with Crippen LogP contribution in [0.3, 0.4) is 0 Å². The van der Waals surface area contributed by atoms with Crippen molar-refractivity contribution in [3.8, 4) is 0 Å². The molecular weight excluding hydrogens is 256 g/mol. The van der Waals surface area contributed by atoms with Crippen LogP contribution >= 0.6 is 12.2 Å². The summed E-state index contributed by atoms with van der Waals surface area (Å²) in [6.45, 7) is 3.87. The topological polar surface area (TPSA) is 47.3 Å². The summed E-state index contributed by atoms with van der Waals surface area (Å²) in [5.41, 5.74) is 8.90. The first kappa shape index (κ1) is 14.3. The SMILES string of the molecule is Cc1ccc(C(N)=S)c(NCCC2CCCCO2)c1. The molecule has 3 N–H and O–H groups in total. The summed E-state index contributed by atoms with van der Waals surface area (Å²) >= 11 is 5.08. The second-order valence-corrected chi connectivity index (χ2v) is 5.56. The van der Waals surface area contributed by atoms with Crippen LogP contribution in [0.5, 0.6) is 0 Å². The van der Waals surface area contributed by atoms with Gasteiger partial charge in [-0.1, -0.05) is 18.3 Å². The van der Waals surface area contributed by atoms with Gasteiger partial charge in [-0.25, -0.2) is 0 Å². The van der Waals surface area contributed by atoms with E-state index in [1.807, 2.05) is 12.1 Å². The molecule has 19 heavy (non-hydrogen) atoms. The summed E-state index contributed by atoms with van der Waals surface area (Å²) in [6, 6.07) is 6.11. The van der Waals surface area contributed by atoms with Crippen LogP contribution < -0.4 is 11.1 Å². The molecule has 1 aromatic rings. The van der Waals surface area contributed by atoms with Gasteiger partial charge in [-0.15, -0.1) is 0 Å². The number of nitrogens with one attached hydrogen (secondary N) is 1. The molecule has 1 aliphatic rings. The molecule has 1 aliphatic heterocycles. The monoisotopic (exact) mass is 278 g/mol. The van der Waals surface area contributed by atoms with Gasteiger partial charge in [-0.3, -0.25) is 0 Å². The van der Waals surface area contributed by atoms with Crippen LogP contribution in [0.4, 0.5) is 5.69 Å². The lowest BCUT2D eigenvalue weighted by molar-refractivity contribution is 0.0134. The zero-order valence-corrected chi connectivity index (χ0v) is 12.3. The van der Waals surface area contributed by atoms with E-state index < -0.39 is 0 Å². The standard InChI is InChI=1S/C15H22N2OS/c1-11-5-6-13(15(16)19)14(10-11)17-8-7-12-4-2-3-9-18-12/h5-6,10,12,17H,2-4,7-9H2,1H3,(H2,16,19). The molecule has 0 amide bonds. The van der Waals surface area contributed by atoms with Gasteiger partial charge in [0.1, 0.15) is 4.99 Å². The van der Waals surface area contributed by atoms with Gasteiger partial charge in [0.05, 0.1) is 6.10 Å². The minimum absolute atomic E-state index is 0.402. The molecule has 1 saturated heterocycles. The Morgan fingerprint density at radius 1 is 1.47 bits per heavy atom. The maximum absolute atomic E-state index is 5.75. The molecular formula is C15H22N2OS. The van der Waals surface area contributed by atoms with E-state index in [0.717, 1.165) is 30.8 Å². The molecule has 1 aromatic carbocycles. The molecule has 0 aromatic heterocycles. The van der Waals surface area contributed by atoms with Crippen LogP contribution in [0.15, 0.2) is 18.2 Å². The van der Waals surface area contributed by atoms with Crippen LogP contribution in [0.1, 0.15) is 36.8 Å². The maximum Gasteiger partial charge on any atom is 0.106 e. The van der Waals surface area contributed by atoms with Gasteiger partial charge in [-0.2, -0.15) is 0 Å². The van der Waals surface area contributed by atoms with Gasteiger partial charge >= 0.3 is 0 Å². The molecule has 0 bridgehead atoms. The zero-order valence-electron chi connectivity index (χ0n) is 11.4. The zero-order chi connectivity index (χ0) is 13.7. The summed E-state index contributed by atoms with van der Waals surface area (Å²) in [4.78, 5) is 0.441. The minimum Gasteiger partial charge on any atom is -0.389 e. The fourth-order valence-corrected chi connectivity index (χ4v) is 2.60. The molecule has 1 unspecified atom stereocenters. The number of ether oxygens (including phenoxy) is 1. The highest BCUT2D eigenvalue weighted by Gasteiger charge is 2.13. The second-order valence-electron chi connectivity index (χ2n) is 5.12. The third-order valence-corrected chi connectivity index (χ3v) is 3.72. The predicted molar refractivity (Wildman–Crippen MR) is 83.8 cm³/mol. The molecule has 0 saturated carbocycles. The van der Waals surface area contributed by atoms with E-state index in [0.29, 0.717) is 11.1 Å². The van der Waals surface area contributed by atoms with Gasteiger partial charge in [0, 0.05) is 24.4 Å². The Kier molecular flexibility index (Phi) is 5.16. The van der Waals surface area contributed by atoms with Crippen molar-refractivity contribution in [1.29, 1.82) is 0 Å². The van der Waals surface area contributed by atoms with Crippen molar-refractivity contribution in [2.45, 2.75) is 38.7 Å². The van der Waals surface area contributed by atoms with Crippen LogP contribution in [0.25, 0.3) is 0 Å². The van der Waals surface area contributed by atoms with Crippen molar-refractivity contribution in [3.63, 3.8) is 0 Å². The first-order valence-electron chi connectivity index (χ1n) is 6.93. The normalized spacial score (nSPS) is 19.1. The number of rotatable bonds is 5. The summed E-state index contributed by atoms with van der Waals surface area (Å²) in [7, 11) is 0. The maximum atomic E-state index is 5.75. The van der Waals surface area contributed by atoms with Gasteiger partial charge < -0.3 is 15.8 Å². The molecule has 1 heterocycles. The van der Waals surface area contributed by atoms with Crippen molar-refractivity contribution < 1.29 is 4.74 Å². The molecule has 0 aliphatic carbocycles. The predicted octanol–water partition coefficient (Wildman–Crippen LogP) is 3.00. The number of nitrogens with two attached hydrogens (primary N) is 1. The van der Waals surface area contributed by atoms with E-state index in [1.165, 1.54) is 24.8 Å². The van der Waals surface area contributed by atoms with E-state index in [1.54, 1.807) is 0 Å². The van der Waals surface area contributed by atoms with Crippen LogP contribution in [-0.4, -0.2) is 24.2 Å². The van der Waals surface area contributed by atoms with Gasteiger partial charge in [0.25, 0.3) is 0 Å². The van der Waals surface area contributed by atoms with Crippen molar-refractivity contribution in [1.82, 2.24) is 0 Å². The van der Waals surface area contributed by atoms with E-state index >= 15 is 0 Å². The molecule has 1 atom stereocenters. The molecule has 4 heteroatoms. The fraction of sp³-hybridized carbons (Fsp3) is 0.533. The third-order valence-electron chi connectivity index (χ3n) is 3.50. The summed E-state index contributed by atoms with van der Waals surface area (Å²) in [5.74, 6) is 0. The first-order valence-corrected chi connectivity index (χ1v) is 7.33. The van der Waals surface area contributed by atoms with Crippen molar-refractivity contribution in [2.24, 2.45) is 5.73 Å². The van der Waals surface area contributed by atoms with Gasteiger partial charge in [0.15, 0.2) is 0 Å². The lowest BCUT2D eigenvalue weighted by Gasteiger charge is -2.23. The van der Waals surface area contributed by atoms with E-state index in [4.69, 9.17) is 22.7 Å². The number of hydrogen-bond acceptors (Lipinski definition) is 3. The smallest absolute Gasteiger partial charge is 0.106 e. The Morgan fingerprint density at radius 2 is 2.32 bits per heavy atom. The highest BCUT2D eigenvalue weighted by atomic mass is 32.1. The van der Waals surface area contributed by atoms with E-state index in [9.17, 15) is 0 Å².